The molecular weight excluding hydrogens is 378 g/mol. The highest BCUT2D eigenvalue weighted by Crippen LogP contribution is 2.21. The zero-order chi connectivity index (χ0) is 19.3. The topological polar surface area (TPSA) is 89.5 Å². The minimum absolute atomic E-state index is 0.0398. The summed E-state index contributed by atoms with van der Waals surface area (Å²) >= 11 is 5.92. The summed E-state index contributed by atoms with van der Waals surface area (Å²) < 4.78 is 28.1. The molecule has 1 N–H and O–H groups in total. The van der Waals surface area contributed by atoms with Crippen molar-refractivity contribution in [3.63, 3.8) is 0 Å². The van der Waals surface area contributed by atoms with Gasteiger partial charge in [0.15, 0.2) is 16.4 Å². The Morgan fingerprint density at radius 2 is 1.77 bits per heavy atom. The predicted molar refractivity (Wildman–Crippen MR) is 99.3 cm³/mol. The smallest absolute Gasteiger partial charge is 0.340 e. The van der Waals surface area contributed by atoms with Gasteiger partial charge in [0, 0.05) is 11.9 Å². The number of aryl methyl sites for hydroxylation is 1. The van der Waals surface area contributed by atoms with E-state index in [2.05, 4.69) is 5.32 Å². The summed E-state index contributed by atoms with van der Waals surface area (Å²) in [6.45, 7) is 1.50. The number of esters is 1. The van der Waals surface area contributed by atoms with E-state index in [1.165, 1.54) is 12.1 Å². The summed E-state index contributed by atoms with van der Waals surface area (Å²) in [7, 11) is -3.50. The van der Waals surface area contributed by atoms with Crippen LogP contribution in [0.2, 0.25) is 5.02 Å². The van der Waals surface area contributed by atoms with Gasteiger partial charge in [-0.2, -0.15) is 0 Å². The van der Waals surface area contributed by atoms with E-state index in [9.17, 15) is 18.0 Å². The number of benzene rings is 2. The summed E-state index contributed by atoms with van der Waals surface area (Å²) in [6.07, 6.45) is 1.90. The second kappa shape index (κ2) is 8.33. The summed E-state index contributed by atoms with van der Waals surface area (Å²) in [6, 6.07) is 11.0. The van der Waals surface area contributed by atoms with Crippen LogP contribution < -0.4 is 5.32 Å². The van der Waals surface area contributed by atoms with Crippen LogP contribution in [0.25, 0.3) is 0 Å². The number of sulfone groups is 1. The summed E-state index contributed by atoms with van der Waals surface area (Å²) in [5.41, 5.74) is 1.60. The Hall–Kier alpha value is -2.38. The Kier molecular flexibility index (Phi) is 6.39. The quantitative estimate of drug-likeness (QED) is 0.759. The second-order valence-corrected chi connectivity index (χ2v) is 8.01. The van der Waals surface area contributed by atoms with Crippen molar-refractivity contribution >= 4 is 39.0 Å². The maximum Gasteiger partial charge on any atom is 0.340 e. The lowest BCUT2D eigenvalue weighted by molar-refractivity contribution is -0.119. The van der Waals surface area contributed by atoms with Crippen LogP contribution >= 0.6 is 11.6 Å². The number of hydrogen-bond acceptors (Lipinski definition) is 5. The molecule has 0 atom stereocenters. The van der Waals surface area contributed by atoms with Crippen molar-refractivity contribution in [2.24, 2.45) is 0 Å². The molecule has 0 aliphatic rings. The van der Waals surface area contributed by atoms with Gasteiger partial charge in [-0.05, 0) is 42.3 Å². The molecular formula is C18H18ClNO5S. The van der Waals surface area contributed by atoms with E-state index in [1.807, 2.05) is 19.1 Å². The highest BCUT2D eigenvalue weighted by molar-refractivity contribution is 7.90. The number of ether oxygens (including phenoxy) is 1. The number of halogens is 1. The zero-order valence-corrected chi connectivity index (χ0v) is 15.9. The molecule has 0 bridgehead atoms. The lowest BCUT2D eigenvalue weighted by Gasteiger charge is -2.09. The molecule has 0 saturated carbocycles. The van der Waals surface area contributed by atoms with E-state index in [-0.39, 0.29) is 15.5 Å². The van der Waals surface area contributed by atoms with Crippen molar-refractivity contribution in [2.45, 2.75) is 18.2 Å². The normalized spacial score (nSPS) is 11.0. The molecule has 138 valence electrons. The largest absolute Gasteiger partial charge is 0.452 e. The summed E-state index contributed by atoms with van der Waals surface area (Å²) in [5, 5.41) is 2.65. The first-order chi connectivity index (χ1) is 12.2. The molecule has 0 saturated heterocycles. The van der Waals surface area contributed by atoms with Crippen LogP contribution in [-0.2, 0) is 25.8 Å². The van der Waals surface area contributed by atoms with E-state index in [0.717, 1.165) is 24.3 Å². The van der Waals surface area contributed by atoms with Crippen molar-refractivity contribution in [1.82, 2.24) is 0 Å². The van der Waals surface area contributed by atoms with Gasteiger partial charge in [-0.25, -0.2) is 13.2 Å². The second-order valence-electron chi connectivity index (χ2n) is 5.59. The number of hydrogen-bond donors (Lipinski definition) is 1. The highest BCUT2D eigenvalue weighted by Gasteiger charge is 2.17. The van der Waals surface area contributed by atoms with Crippen LogP contribution in [-0.4, -0.2) is 33.2 Å². The van der Waals surface area contributed by atoms with Gasteiger partial charge < -0.3 is 10.1 Å². The molecule has 0 unspecified atom stereocenters. The molecule has 26 heavy (non-hydrogen) atoms. The molecule has 2 rings (SSSR count). The molecule has 0 heterocycles. The lowest BCUT2D eigenvalue weighted by Crippen LogP contribution is -2.21. The number of carbonyl (C=O) groups is 2. The van der Waals surface area contributed by atoms with Gasteiger partial charge in [0.2, 0.25) is 0 Å². The Morgan fingerprint density at radius 3 is 2.35 bits per heavy atom. The van der Waals surface area contributed by atoms with E-state index in [0.29, 0.717) is 5.69 Å². The lowest BCUT2D eigenvalue weighted by atomic mass is 10.1. The van der Waals surface area contributed by atoms with Crippen molar-refractivity contribution < 1.29 is 22.7 Å². The molecule has 8 heteroatoms. The number of rotatable bonds is 6. The Bertz CT molecular complexity index is 923. The number of amides is 1. The monoisotopic (exact) mass is 395 g/mol. The van der Waals surface area contributed by atoms with Crippen LogP contribution in [0.4, 0.5) is 5.69 Å². The van der Waals surface area contributed by atoms with Gasteiger partial charge in [0.05, 0.1) is 15.5 Å². The Labute approximate surface area is 157 Å². The minimum Gasteiger partial charge on any atom is -0.452 e. The molecule has 0 aliphatic carbocycles. The fraction of sp³-hybridized carbons (Fsp3) is 0.222. The van der Waals surface area contributed by atoms with E-state index in [1.54, 1.807) is 12.1 Å². The standard InChI is InChI=1S/C18H18ClNO5S/c1-3-12-4-6-13(7-5-12)20-17(21)11-25-18(22)15-10-14(26(2,23)24)8-9-16(15)19/h4-10H,3,11H2,1-2H3,(H,20,21). The SMILES string of the molecule is CCc1ccc(NC(=O)COC(=O)c2cc(S(C)(=O)=O)ccc2Cl)cc1. The Balaban J connectivity index is 2.00. The molecule has 0 aliphatic heterocycles. The maximum atomic E-state index is 12.1. The number of carbonyl (C=O) groups excluding carboxylic acids is 2. The highest BCUT2D eigenvalue weighted by atomic mass is 35.5. The van der Waals surface area contributed by atoms with Gasteiger partial charge in [0.25, 0.3) is 5.91 Å². The van der Waals surface area contributed by atoms with Crippen LogP contribution in [0, 0.1) is 0 Å². The third kappa shape index (κ3) is 5.31. The van der Waals surface area contributed by atoms with E-state index >= 15 is 0 Å². The Morgan fingerprint density at radius 1 is 1.12 bits per heavy atom. The molecule has 0 spiro atoms. The van der Waals surface area contributed by atoms with Gasteiger partial charge in [-0.1, -0.05) is 30.7 Å². The van der Waals surface area contributed by atoms with Crippen molar-refractivity contribution in [3.05, 3.63) is 58.6 Å². The average molecular weight is 396 g/mol. The summed E-state index contributed by atoms with van der Waals surface area (Å²) in [4.78, 5) is 23.9. The third-order valence-electron chi connectivity index (χ3n) is 3.57. The first-order valence-corrected chi connectivity index (χ1v) is 10.0. The van der Waals surface area contributed by atoms with Crippen LogP contribution in [0.5, 0.6) is 0 Å². The van der Waals surface area contributed by atoms with Gasteiger partial charge in [-0.15, -0.1) is 0 Å². The van der Waals surface area contributed by atoms with Crippen LogP contribution in [0.3, 0.4) is 0 Å². The van der Waals surface area contributed by atoms with Crippen molar-refractivity contribution in [1.29, 1.82) is 0 Å². The first kappa shape index (κ1) is 19.9. The van der Waals surface area contributed by atoms with Crippen LogP contribution in [0.15, 0.2) is 47.4 Å². The van der Waals surface area contributed by atoms with Gasteiger partial charge >= 0.3 is 5.97 Å². The fourth-order valence-corrected chi connectivity index (χ4v) is 2.96. The van der Waals surface area contributed by atoms with E-state index < -0.39 is 28.3 Å². The number of nitrogens with one attached hydrogen (secondary N) is 1. The molecule has 2 aromatic rings. The maximum absolute atomic E-state index is 12.1. The molecule has 0 radical (unpaired) electrons. The minimum atomic E-state index is -3.50. The average Bonchev–Trinajstić information content (AvgIpc) is 2.59. The molecule has 0 fully saturated rings. The van der Waals surface area contributed by atoms with E-state index in [4.69, 9.17) is 16.3 Å². The zero-order valence-electron chi connectivity index (χ0n) is 14.3. The molecule has 2 aromatic carbocycles. The van der Waals surface area contributed by atoms with Gasteiger partial charge in [0.1, 0.15) is 0 Å². The predicted octanol–water partition coefficient (Wildman–Crippen LogP) is 3.10. The molecule has 0 aromatic heterocycles. The molecule has 1 amide bonds. The first-order valence-electron chi connectivity index (χ1n) is 7.76. The van der Waals surface area contributed by atoms with Crippen molar-refractivity contribution in [3.8, 4) is 0 Å². The fourth-order valence-electron chi connectivity index (χ4n) is 2.12. The van der Waals surface area contributed by atoms with Gasteiger partial charge in [-0.3, -0.25) is 4.79 Å². The summed E-state index contributed by atoms with van der Waals surface area (Å²) in [5.74, 6) is -1.39. The number of anilines is 1. The van der Waals surface area contributed by atoms with Crippen LogP contribution in [0.1, 0.15) is 22.8 Å². The van der Waals surface area contributed by atoms with Crippen molar-refractivity contribution in [2.75, 3.05) is 18.2 Å². The molecule has 6 nitrogen and oxygen atoms in total. The third-order valence-corrected chi connectivity index (χ3v) is 5.01.